The van der Waals surface area contributed by atoms with Crippen LogP contribution in [0.2, 0.25) is 0 Å². The summed E-state index contributed by atoms with van der Waals surface area (Å²) in [5, 5.41) is 0.661. The molecule has 0 saturated carbocycles. The zero-order chi connectivity index (χ0) is 21.6. The van der Waals surface area contributed by atoms with Gasteiger partial charge in [-0.15, -0.1) is 11.3 Å². The summed E-state index contributed by atoms with van der Waals surface area (Å²) in [7, 11) is -0.813. The highest BCUT2D eigenvalue weighted by atomic mass is 32.2. The van der Waals surface area contributed by atoms with Gasteiger partial charge >= 0.3 is 11.1 Å². The first-order chi connectivity index (χ1) is 14.2. The van der Waals surface area contributed by atoms with Gasteiger partial charge in [-0.1, -0.05) is 12.1 Å². The van der Waals surface area contributed by atoms with Crippen LogP contribution in [-0.2, 0) is 23.1 Å². The Bertz CT molecular complexity index is 1460. The minimum atomic E-state index is -3.70. The third kappa shape index (κ3) is 3.26. The molecule has 30 heavy (non-hydrogen) atoms. The van der Waals surface area contributed by atoms with Gasteiger partial charge in [0, 0.05) is 20.6 Å². The van der Waals surface area contributed by atoms with E-state index in [0.29, 0.717) is 22.6 Å². The van der Waals surface area contributed by atoms with E-state index >= 15 is 0 Å². The molecular weight excluding hydrogens is 424 g/mol. The SMILES string of the molecule is CCn1c(=O)c(=O)n(Cc2nc3ccccc3s2)c2cc(S(=O)(=O)N(C)C)ccc21. The van der Waals surface area contributed by atoms with Gasteiger partial charge in [0.2, 0.25) is 10.0 Å². The van der Waals surface area contributed by atoms with E-state index in [9.17, 15) is 18.0 Å². The van der Waals surface area contributed by atoms with E-state index in [1.54, 1.807) is 13.0 Å². The second kappa shape index (κ2) is 7.46. The van der Waals surface area contributed by atoms with Crippen LogP contribution in [0.5, 0.6) is 0 Å². The number of para-hydroxylation sites is 1. The van der Waals surface area contributed by atoms with Gasteiger partial charge < -0.3 is 4.57 Å². The molecule has 4 aromatic rings. The minimum Gasteiger partial charge on any atom is -0.302 e. The van der Waals surface area contributed by atoms with Gasteiger partial charge in [0.25, 0.3) is 0 Å². The Morgan fingerprint density at radius 3 is 2.37 bits per heavy atom. The Morgan fingerprint density at radius 2 is 1.70 bits per heavy atom. The molecule has 2 aromatic heterocycles. The maximum Gasteiger partial charge on any atom is 0.317 e. The molecule has 0 aliphatic carbocycles. The summed E-state index contributed by atoms with van der Waals surface area (Å²) in [5.74, 6) is 0. The smallest absolute Gasteiger partial charge is 0.302 e. The maximum absolute atomic E-state index is 12.9. The van der Waals surface area contributed by atoms with Crippen molar-refractivity contribution in [2.24, 2.45) is 0 Å². The Hall–Kier alpha value is -2.82. The lowest BCUT2D eigenvalue weighted by molar-refractivity contribution is 0.521. The number of nitrogens with zero attached hydrogens (tertiary/aromatic N) is 4. The van der Waals surface area contributed by atoms with Crippen LogP contribution < -0.4 is 11.1 Å². The van der Waals surface area contributed by atoms with E-state index in [0.717, 1.165) is 14.5 Å². The first kappa shape index (κ1) is 20.5. The predicted octanol–water partition coefficient (Wildman–Crippen LogP) is 2.09. The van der Waals surface area contributed by atoms with Crippen molar-refractivity contribution in [1.82, 2.24) is 18.4 Å². The van der Waals surface area contributed by atoms with E-state index in [2.05, 4.69) is 4.98 Å². The second-order valence-corrected chi connectivity index (χ2v) is 10.2. The molecule has 2 heterocycles. The van der Waals surface area contributed by atoms with Gasteiger partial charge in [-0.05, 0) is 37.3 Å². The summed E-state index contributed by atoms with van der Waals surface area (Å²) in [6, 6.07) is 12.1. The van der Waals surface area contributed by atoms with Crippen LogP contribution in [0.1, 0.15) is 11.9 Å². The van der Waals surface area contributed by atoms with Crippen molar-refractivity contribution in [1.29, 1.82) is 0 Å². The average Bonchev–Trinajstić information content (AvgIpc) is 3.14. The summed E-state index contributed by atoms with van der Waals surface area (Å²) in [4.78, 5) is 30.2. The standard InChI is InChI=1S/C20H20N4O4S2/c1-4-23-15-10-9-13(30(27,28)22(2)3)11-16(15)24(20(26)19(23)25)12-18-21-14-7-5-6-8-17(14)29-18/h5-11H,4,12H2,1-3H3. The van der Waals surface area contributed by atoms with Crippen LogP contribution >= 0.6 is 11.3 Å². The molecule has 8 nitrogen and oxygen atoms in total. The van der Waals surface area contributed by atoms with Crippen LogP contribution in [0.4, 0.5) is 0 Å². The highest BCUT2D eigenvalue weighted by Gasteiger charge is 2.21. The number of fused-ring (bicyclic) bond motifs is 2. The lowest BCUT2D eigenvalue weighted by atomic mass is 10.2. The summed E-state index contributed by atoms with van der Waals surface area (Å²) in [6.07, 6.45) is 0. The molecule has 0 fully saturated rings. The molecule has 0 radical (unpaired) electrons. The van der Waals surface area contributed by atoms with Gasteiger partial charge in [-0.2, -0.15) is 0 Å². The summed E-state index contributed by atoms with van der Waals surface area (Å²) in [5.41, 5.74) is 0.342. The van der Waals surface area contributed by atoms with Gasteiger partial charge in [-0.25, -0.2) is 17.7 Å². The number of aryl methyl sites for hydroxylation is 1. The molecule has 156 valence electrons. The van der Waals surface area contributed by atoms with E-state index in [4.69, 9.17) is 0 Å². The molecule has 10 heteroatoms. The molecule has 0 bridgehead atoms. The van der Waals surface area contributed by atoms with Crippen molar-refractivity contribution in [3.63, 3.8) is 0 Å². The number of benzene rings is 2. The number of thiazole rings is 1. The van der Waals surface area contributed by atoms with Gasteiger partial charge in [0.15, 0.2) is 0 Å². The number of sulfonamides is 1. The molecule has 4 rings (SSSR count). The molecule has 0 unspecified atom stereocenters. The molecule has 0 aliphatic rings. The molecular formula is C20H20N4O4S2. The monoisotopic (exact) mass is 444 g/mol. The number of aromatic nitrogens is 3. The Morgan fingerprint density at radius 1 is 1.00 bits per heavy atom. The zero-order valence-corrected chi connectivity index (χ0v) is 18.3. The zero-order valence-electron chi connectivity index (χ0n) is 16.7. The topological polar surface area (TPSA) is 94.3 Å². The number of rotatable bonds is 5. The van der Waals surface area contributed by atoms with Crippen molar-refractivity contribution in [3.05, 3.63) is 68.2 Å². The normalized spacial score (nSPS) is 12.3. The van der Waals surface area contributed by atoms with E-state index in [1.807, 2.05) is 24.3 Å². The number of hydrogen-bond acceptors (Lipinski definition) is 6. The van der Waals surface area contributed by atoms with Crippen LogP contribution in [-0.4, -0.2) is 40.9 Å². The first-order valence-corrected chi connectivity index (χ1v) is 11.5. The van der Waals surface area contributed by atoms with E-state index < -0.39 is 21.1 Å². The van der Waals surface area contributed by atoms with Crippen molar-refractivity contribution in [2.45, 2.75) is 24.9 Å². The van der Waals surface area contributed by atoms with Gasteiger partial charge in [-0.3, -0.25) is 14.2 Å². The summed E-state index contributed by atoms with van der Waals surface area (Å²) in [6.45, 7) is 2.15. The van der Waals surface area contributed by atoms with Crippen LogP contribution in [0.15, 0.2) is 56.9 Å². The van der Waals surface area contributed by atoms with Crippen molar-refractivity contribution < 1.29 is 8.42 Å². The van der Waals surface area contributed by atoms with Crippen LogP contribution in [0.3, 0.4) is 0 Å². The lowest BCUT2D eigenvalue weighted by Gasteiger charge is -2.16. The molecule has 0 aliphatic heterocycles. The Kier molecular flexibility index (Phi) is 5.08. The first-order valence-electron chi connectivity index (χ1n) is 9.28. The minimum absolute atomic E-state index is 0.0544. The van der Waals surface area contributed by atoms with E-state index in [1.165, 1.54) is 46.7 Å². The molecule has 2 aromatic carbocycles. The van der Waals surface area contributed by atoms with Crippen LogP contribution in [0.25, 0.3) is 21.3 Å². The third-order valence-corrected chi connectivity index (χ3v) is 7.76. The third-order valence-electron chi connectivity index (χ3n) is 4.93. The Balaban J connectivity index is 2.00. The predicted molar refractivity (Wildman–Crippen MR) is 118 cm³/mol. The molecule has 0 N–H and O–H groups in total. The molecule has 0 saturated heterocycles. The molecule has 0 atom stereocenters. The van der Waals surface area contributed by atoms with Crippen molar-refractivity contribution in [3.8, 4) is 0 Å². The fourth-order valence-electron chi connectivity index (χ4n) is 3.36. The summed E-state index contributed by atoms with van der Waals surface area (Å²) < 4.78 is 30.0. The maximum atomic E-state index is 12.9. The molecule has 0 amide bonds. The summed E-state index contributed by atoms with van der Waals surface area (Å²) >= 11 is 1.43. The highest BCUT2D eigenvalue weighted by Crippen LogP contribution is 2.24. The van der Waals surface area contributed by atoms with Crippen LogP contribution in [0, 0.1) is 0 Å². The highest BCUT2D eigenvalue weighted by molar-refractivity contribution is 7.89. The van der Waals surface area contributed by atoms with Gasteiger partial charge in [0.1, 0.15) is 5.01 Å². The lowest BCUT2D eigenvalue weighted by Crippen LogP contribution is -2.41. The fourth-order valence-corrected chi connectivity index (χ4v) is 5.24. The number of hydrogen-bond donors (Lipinski definition) is 0. The fraction of sp³-hybridized carbons (Fsp3) is 0.250. The molecule has 0 spiro atoms. The van der Waals surface area contributed by atoms with Crippen molar-refractivity contribution >= 4 is 42.6 Å². The quantitative estimate of drug-likeness (QED) is 0.440. The van der Waals surface area contributed by atoms with Crippen molar-refractivity contribution in [2.75, 3.05) is 14.1 Å². The van der Waals surface area contributed by atoms with E-state index in [-0.39, 0.29) is 11.4 Å². The largest absolute Gasteiger partial charge is 0.317 e. The Labute approximate surface area is 176 Å². The van der Waals surface area contributed by atoms with Gasteiger partial charge in [0.05, 0.1) is 32.7 Å². The second-order valence-electron chi connectivity index (χ2n) is 6.95. The average molecular weight is 445 g/mol.